The minimum atomic E-state index is -0.768. The summed E-state index contributed by atoms with van der Waals surface area (Å²) in [5, 5.41) is 21.3. The Morgan fingerprint density at radius 2 is 1.85 bits per heavy atom. The van der Waals surface area contributed by atoms with Crippen molar-refractivity contribution in [3.8, 4) is 23.6 Å². The normalized spacial score (nSPS) is 10.7. The van der Waals surface area contributed by atoms with Gasteiger partial charge in [-0.25, -0.2) is 4.39 Å². The number of carbonyl (C=O) groups is 1. The van der Waals surface area contributed by atoms with E-state index in [9.17, 15) is 19.7 Å². The zero-order valence-electron chi connectivity index (χ0n) is 18.1. The van der Waals surface area contributed by atoms with Crippen LogP contribution >= 0.6 is 11.6 Å². The van der Waals surface area contributed by atoms with Crippen LogP contribution in [0.5, 0.6) is 11.5 Å². The third-order valence-electron chi connectivity index (χ3n) is 4.64. The summed E-state index contributed by atoms with van der Waals surface area (Å²) in [4.78, 5) is 12.5. The molecule has 0 aliphatic rings. The number of amides is 1. The summed E-state index contributed by atoms with van der Waals surface area (Å²) in [7, 11) is 0. The zero-order chi connectivity index (χ0) is 24.5. The van der Waals surface area contributed by atoms with Gasteiger partial charge in [0.1, 0.15) is 24.1 Å². The molecule has 0 spiro atoms. The average Bonchev–Trinajstić information content (AvgIpc) is 2.83. The van der Waals surface area contributed by atoms with Crippen LogP contribution in [-0.2, 0) is 11.4 Å². The lowest BCUT2D eigenvalue weighted by atomic mass is 10.1. The van der Waals surface area contributed by atoms with Crippen LogP contribution in [0.25, 0.3) is 6.08 Å². The molecule has 0 radical (unpaired) electrons. The van der Waals surface area contributed by atoms with E-state index in [-0.39, 0.29) is 28.6 Å². The fourth-order valence-electron chi connectivity index (χ4n) is 3.05. The van der Waals surface area contributed by atoms with Crippen molar-refractivity contribution in [2.75, 3.05) is 11.9 Å². The molecule has 1 amide bonds. The Morgan fingerprint density at radius 3 is 2.56 bits per heavy atom. The highest BCUT2D eigenvalue weighted by molar-refractivity contribution is 6.32. The Kier molecular flexibility index (Phi) is 8.23. The fourth-order valence-corrected chi connectivity index (χ4v) is 3.32. The van der Waals surface area contributed by atoms with Gasteiger partial charge in [-0.1, -0.05) is 41.9 Å². The number of anilines is 1. The van der Waals surface area contributed by atoms with Crippen LogP contribution in [0, 0.1) is 28.5 Å². The Morgan fingerprint density at radius 1 is 1.12 bits per heavy atom. The van der Waals surface area contributed by atoms with Gasteiger partial charge >= 0.3 is 0 Å². The Labute approximate surface area is 201 Å². The van der Waals surface area contributed by atoms with Crippen LogP contribution in [-0.4, -0.2) is 12.5 Å². The number of hydrogen-bond donors (Lipinski definition) is 1. The van der Waals surface area contributed by atoms with E-state index in [1.54, 1.807) is 43.3 Å². The van der Waals surface area contributed by atoms with Crippen molar-refractivity contribution in [2.45, 2.75) is 13.5 Å². The predicted octanol–water partition coefficient (Wildman–Crippen LogP) is 5.87. The van der Waals surface area contributed by atoms with E-state index in [4.69, 9.17) is 21.1 Å². The number of halogens is 2. The fraction of sp³-hybridized carbons (Fsp3) is 0.115. The van der Waals surface area contributed by atoms with E-state index in [2.05, 4.69) is 11.4 Å². The summed E-state index contributed by atoms with van der Waals surface area (Å²) in [6.45, 7) is 2.19. The highest BCUT2D eigenvalue weighted by atomic mass is 35.5. The van der Waals surface area contributed by atoms with Gasteiger partial charge in [0.2, 0.25) is 0 Å². The standard InChI is InChI=1S/C26H19ClFN3O3/c1-2-33-24-13-17(11-20(15-30)26(32)31-23-10-6-5-9-22(23)28)12-21(27)25(24)34-16-19-8-4-3-7-18(19)14-29/h3-13H,2,16H2,1H3,(H,31,32)/b20-11-. The quantitative estimate of drug-likeness (QED) is 0.324. The van der Waals surface area contributed by atoms with Gasteiger partial charge in [-0.2, -0.15) is 10.5 Å². The van der Waals surface area contributed by atoms with Crippen LogP contribution < -0.4 is 14.8 Å². The lowest BCUT2D eigenvalue weighted by Gasteiger charge is -2.15. The van der Waals surface area contributed by atoms with Crippen LogP contribution in [0.2, 0.25) is 5.02 Å². The number of para-hydroxylation sites is 1. The minimum absolute atomic E-state index is 0.0388. The molecule has 1 N–H and O–H groups in total. The number of carbonyl (C=O) groups excluding carboxylic acids is 1. The summed E-state index contributed by atoms with van der Waals surface area (Å²) in [6.07, 6.45) is 1.32. The number of ether oxygens (including phenoxy) is 2. The van der Waals surface area contributed by atoms with Crippen molar-refractivity contribution < 1.29 is 18.7 Å². The summed E-state index contributed by atoms with van der Waals surface area (Å²) >= 11 is 6.43. The largest absolute Gasteiger partial charge is 0.490 e. The van der Waals surface area contributed by atoms with Gasteiger partial charge in [-0.05, 0) is 48.9 Å². The zero-order valence-corrected chi connectivity index (χ0v) is 18.9. The van der Waals surface area contributed by atoms with Crippen LogP contribution in [0.15, 0.2) is 66.2 Å². The van der Waals surface area contributed by atoms with Crippen molar-refractivity contribution in [1.29, 1.82) is 10.5 Å². The lowest BCUT2D eigenvalue weighted by molar-refractivity contribution is -0.112. The number of nitrogens with one attached hydrogen (secondary N) is 1. The summed E-state index contributed by atoms with van der Waals surface area (Å²) < 4.78 is 25.4. The van der Waals surface area contributed by atoms with Crippen molar-refractivity contribution in [2.24, 2.45) is 0 Å². The van der Waals surface area contributed by atoms with E-state index in [0.29, 0.717) is 29.0 Å². The molecule has 3 aromatic carbocycles. The topological polar surface area (TPSA) is 95.1 Å². The molecule has 0 fully saturated rings. The minimum Gasteiger partial charge on any atom is -0.490 e. The van der Waals surface area contributed by atoms with Gasteiger partial charge in [0.05, 0.1) is 28.9 Å². The smallest absolute Gasteiger partial charge is 0.266 e. The molecule has 3 aromatic rings. The molecule has 0 heterocycles. The van der Waals surface area contributed by atoms with E-state index in [0.717, 1.165) is 0 Å². The van der Waals surface area contributed by atoms with E-state index < -0.39 is 11.7 Å². The molecular weight excluding hydrogens is 457 g/mol. The molecule has 0 bridgehead atoms. The average molecular weight is 476 g/mol. The number of benzene rings is 3. The molecule has 0 aliphatic carbocycles. The maximum Gasteiger partial charge on any atom is 0.266 e. The van der Waals surface area contributed by atoms with Crippen molar-refractivity contribution in [3.05, 3.63) is 93.8 Å². The van der Waals surface area contributed by atoms with Crippen molar-refractivity contribution in [3.63, 3.8) is 0 Å². The monoisotopic (exact) mass is 475 g/mol. The molecule has 3 rings (SSSR count). The van der Waals surface area contributed by atoms with Crippen molar-refractivity contribution >= 4 is 29.3 Å². The summed E-state index contributed by atoms with van der Waals surface area (Å²) in [5.41, 5.74) is 1.29. The van der Waals surface area contributed by atoms with E-state index in [1.165, 1.54) is 30.3 Å². The number of nitriles is 2. The molecule has 0 unspecified atom stereocenters. The molecule has 6 nitrogen and oxygen atoms in total. The van der Waals surface area contributed by atoms with E-state index >= 15 is 0 Å². The number of nitrogens with zero attached hydrogens (tertiary/aromatic N) is 2. The third-order valence-corrected chi connectivity index (χ3v) is 4.92. The van der Waals surface area contributed by atoms with Gasteiger partial charge in [-0.3, -0.25) is 4.79 Å². The first-order valence-electron chi connectivity index (χ1n) is 10.2. The second kappa shape index (κ2) is 11.5. The molecule has 0 atom stereocenters. The first-order valence-corrected chi connectivity index (χ1v) is 10.6. The molecule has 0 aromatic heterocycles. The van der Waals surface area contributed by atoms with Crippen LogP contribution in [0.3, 0.4) is 0 Å². The summed E-state index contributed by atoms with van der Waals surface area (Å²) in [5.74, 6) is -0.811. The SMILES string of the molecule is CCOc1cc(/C=C(/C#N)C(=O)Nc2ccccc2F)cc(Cl)c1OCc1ccccc1C#N. The van der Waals surface area contributed by atoms with Gasteiger partial charge in [0.25, 0.3) is 5.91 Å². The Hall–Kier alpha value is -4.33. The van der Waals surface area contributed by atoms with E-state index in [1.807, 2.05) is 6.07 Å². The van der Waals surface area contributed by atoms with Gasteiger partial charge in [0.15, 0.2) is 11.5 Å². The van der Waals surface area contributed by atoms with Crippen LogP contribution in [0.1, 0.15) is 23.6 Å². The lowest BCUT2D eigenvalue weighted by Crippen LogP contribution is -2.14. The molecule has 0 aliphatic heterocycles. The number of rotatable bonds is 8. The van der Waals surface area contributed by atoms with Crippen LogP contribution in [0.4, 0.5) is 10.1 Å². The Bertz CT molecular complexity index is 1330. The third kappa shape index (κ3) is 5.92. The molecule has 34 heavy (non-hydrogen) atoms. The highest BCUT2D eigenvalue weighted by Crippen LogP contribution is 2.38. The molecular formula is C26H19ClFN3O3. The van der Waals surface area contributed by atoms with Gasteiger partial charge < -0.3 is 14.8 Å². The van der Waals surface area contributed by atoms with Gasteiger partial charge in [-0.15, -0.1) is 0 Å². The first kappa shape index (κ1) is 24.3. The molecule has 0 saturated carbocycles. The highest BCUT2D eigenvalue weighted by Gasteiger charge is 2.16. The first-order chi connectivity index (χ1) is 16.5. The van der Waals surface area contributed by atoms with Gasteiger partial charge in [0, 0.05) is 5.56 Å². The second-order valence-electron chi connectivity index (χ2n) is 6.92. The second-order valence-corrected chi connectivity index (χ2v) is 7.33. The summed E-state index contributed by atoms with van der Waals surface area (Å²) in [6, 6.07) is 19.7. The predicted molar refractivity (Wildman–Crippen MR) is 127 cm³/mol. The maximum atomic E-state index is 13.8. The number of hydrogen-bond acceptors (Lipinski definition) is 5. The van der Waals surface area contributed by atoms with Crippen molar-refractivity contribution in [1.82, 2.24) is 0 Å². The molecule has 8 heteroatoms. The molecule has 0 saturated heterocycles. The Balaban J connectivity index is 1.88. The molecule has 170 valence electrons. The maximum absolute atomic E-state index is 13.8.